The molecule has 3 nitrogen and oxygen atoms in total. The number of piperidine rings is 1. The number of alkyl halides is 2. The Bertz CT molecular complexity index is 264. The van der Waals surface area contributed by atoms with Gasteiger partial charge in [-0.25, -0.2) is 8.78 Å². The first-order valence-electron chi connectivity index (χ1n) is 3.39. The summed E-state index contributed by atoms with van der Waals surface area (Å²) in [5, 5.41) is 0. The van der Waals surface area contributed by atoms with Crippen molar-refractivity contribution in [3.8, 4) is 0 Å². The minimum absolute atomic E-state index is 0.00382. The first-order chi connectivity index (χ1) is 5.31. The van der Waals surface area contributed by atoms with E-state index < -0.39 is 22.9 Å². The first kappa shape index (κ1) is 9.79. The minimum atomic E-state index is -4.94. The Morgan fingerprint density at radius 1 is 1.33 bits per heavy atom. The zero-order chi connectivity index (χ0) is 9.41. The molecule has 7 heteroatoms. The molecule has 12 heavy (non-hydrogen) atoms. The SMILES string of the molecule is O=S(=O)(F)N1CCCC(F)(F)C1. The molecule has 1 rings (SSSR count). The molecule has 72 valence electrons. The Hall–Kier alpha value is -0.300. The van der Waals surface area contributed by atoms with E-state index in [9.17, 15) is 21.1 Å². The molecule has 0 aromatic heterocycles. The van der Waals surface area contributed by atoms with Gasteiger partial charge in [0.05, 0.1) is 6.54 Å². The van der Waals surface area contributed by atoms with Crippen molar-refractivity contribution in [2.75, 3.05) is 13.1 Å². The van der Waals surface area contributed by atoms with E-state index in [1.54, 1.807) is 0 Å². The second kappa shape index (κ2) is 2.88. The Balaban J connectivity index is 2.71. The average Bonchev–Trinajstić information content (AvgIpc) is 1.83. The van der Waals surface area contributed by atoms with Gasteiger partial charge in [0.25, 0.3) is 5.92 Å². The summed E-state index contributed by atoms with van der Waals surface area (Å²) in [6, 6.07) is 0. The molecule has 1 aliphatic heterocycles. The minimum Gasteiger partial charge on any atom is -0.205 e. The van der Waals surface area contributed by atoms with Crippen molar-refractivity contribution in [3.63, 3.8) is 0 Å². The highest BCUT2D eigenvalue weighted by Crippen LogP contribution is 2.28. The predicted molar refractivity (Wildman–Crippen MR) is 35.8 cm³/mol. The van der Waals surface area contributed by atoms with Crippen LogP contribution in [0.25, 0.3) is 0 Å². The van der Waals surface area contributed by atoms with E-state index in [-0.39, 0.29) is 23.7 Å². The summed E-state index contributed by atoms with van der Waals surface area (Å²) in [6.45, 7) is -1.19. The van der Waals surface area contributed by atoms with Gasteiger partial charge in [0.15, 0.2) is 0 Å². The van der Waals surface area contributed by atoms with Gasteiger partial charge in [-0.1, -0.05) is 3.89 Å². The lowest BCUT2D eigenvalue weighted by molar-refractivity contribution is -0.0443. The van der Waals surface area contributed by atoms with E-state index in [0.717, 1.165) is 0 Å². The van der Waals surface area contributed by atoms with Gasteiger partial charge in [-0.05, 0) is 6.42 Å². The monoisotopic (exact) mass is 203 g/mol. The third-order valence-electron chi connectivity index (χ3n) is 1.67. The highest BCUT2D eigenvalue weighted by Gasteiger charge is 2.39. The molecular formula is C5H8F3NO2S. The fourth-order valence-electron chi connectivity index (χ4n) is 1.12. The van der Waals surface area contributed by atoms with Crippen LogP contribution in [0.3, 0.4) is 0 Å². The van der Waals surface area contributed by atoms with Crippen LogP contribution < -0.4 is 0 Å². The van der Waals surface area contributed by atoms with Crippen LogP contribution in [0.2, 0.25) is 0 Å². The standard InChI is InChI=1S/C5H8F3NO2S/c6-5(7)2-1-3-9(4-5)12(8,10)11/h1-4H2. The van der Waals surface area contributed by atoms with Gasteiger partial charge in [-0.15, -0.1) is 0 Å². The van der Waals surface area contributed by atoms with Crippen molar-refractivity contribution in [1.82, 2.24) is 4.31 Å². The summed E-state index contributed by atoms with van der Waals surface area (Å²) in [4.78, 5) is 0. The van der Waals surface area contributed by atoms with Crippen LogP contribution in [0, 0.1) is 0 Å². The molecule has 1 aliphatic rings. The molecule has 0 atom stereocenters. The normalized spacial score (nSPS) is 25.6. The van der Waals surface area contributed by atoms with Crippen LogP contribution in [0.5, 0.6) is 0 Å². The molecule has 0 N–H and O–H groups in total. The van der Waals surface area contributed by atoms with Crippen LogP contribution in [-0.2, 0) is 10.4 Å². The summed E-state index contributed by atoms with van der Waals surface area (Å²) in [5.74, 6) is -3.09. The van der Waals surface area contributed by atoms with E-state index in [1.807, 2.05) is 0 Å². The molecule has 0 radical (unpaired) electrons. The highest BCUT2D eigenvalue weighted by molar-refractivity contribution is 7.83. The summed E-state index contributed by atoms with van der Waals surface area (Å²) < 4.78 is 57.8. The zero-order valence-corrected chi connectivity index (χ0v) is 6.95. The fraction of sp³-hybridized carbons (Fsp3) is 1.00. The fourth-order valence-corrected chi connectivity index (χ4v) is 1.81. The molecule has 0 aromatic carbocycles. The van der Waals surface area contributed by atoms with Gasteiger partial charge in [0, 0.05) is 13.0 Å². The van der Waals surface area contributed by atoms with Crippen LogP contribution in [0.15, 0.2) is 0 Å². The van der Waals surface area contributed by atoms with Crippen molar-refractivity contribution in [3.05, 3.63) is 0 Å². The lowest BCUT2D eigenvalue weighted by atomic mass is 10.1. The number of hydrogen-bond donors (Lipinski definition) is 0. The van der Waals surface area contributed by atoms with Gasteiger partial charge in [-0.3, -0.25) is 0 Å². The summed E-state index contributed by atoms with van der Waals surface area (Å²) in [7, 11) is -4.94. The van der Waals surface area contributed by atoms with Crippen molar-refractivity contribution in [2.24, 2.45) is 0 Å². The molecule has 0 saturated carbocycles. The number of halogens is 3. The van der Waals surface area contributed by atoms with E-state index in [4.69, 9.17) is 0 Å². The van der Waals surface area contributed by atoms with Crippen molar-refractivity contribution < 1.29 is 21.1 Å². The van der Waals surface area contributed by atoms with Crippen LogP contribution in [0.4, 0.5) is 12.7 Å². The first-order valence-corrected chi connectivity index (χ1v) is 4.73. The van der Waals surface area contributed by atoms with E-state index in [1.165, 1.54) is 0 Å². The van der Waals surface area contributed by atoms with Crippen LogP contribution in [-0.4, -0.2) is 31.7 Å². The molecule has 0 unspecified atom stereocenters. The molecule has 1 saturated heterocycles. The number of rotatable bonds is 1. The molecular weight excluding hydrogens is 195 g/mol. The molecule has 0 spiro atoms. The van der Waals surface area contributed by atoms with Crippen molar-refractivity contribution >= 4 is 10.4 Å². The van der Waals surface area contributed by atoms with Crippen molar-refractivity contribution in [1.29, 1.82) is 0 Å². The van der Waals surface area contributed by atoms with Gasteiger partial charge in [0.2, 0.25) is 0 Å². The smallest absolute Gasteiger partial charge is 0.205 e. The third-order valence-corrected chi connectivity index (χ3v) is 2.59. The quantitative estimate of drug-likeness (QED) is 0.594. The van der Waals surface area contributed by atoms with Gasteiger partial charge in [-0.2, -0.15) is 12.7 Å². The molecule has 0 bridgehead atoms. The molecule has 1 heterocycles. The zero-order valence-electron chi connectivity index (χ0n) is 6.13. The van der Waals surface area contributed by atoms with Crippen LogP contribution >= 0.6 is 0 Å². The second-order valence-corrected chi connectivity index (χ2v) is 4.08. The summed E-state index contributed by atoms with van der Waals surface area (Å²) in [5.41, 5.74) is 0. The van der Waals surface area contributed by atoms with E-state index >= 15 is 0 Å². The number of hydrogen-bond acceptors (Lipinski definition) is 2. The van der Waals surface area contributed by atoms with Crippen molar-refractivity contribution in [2.45, 2.75) is 18.8 Å². The Labute approximate surface area is 68.5 Å². The van der Waals surface area contributed by atoms with Gasteiger partial charge in [0.1, 0.15) is 0 Å². The average molecular weight is 203 g/mol. The lowest BCUT2D eigenvalue weighted by Gasteiger charge is -2.28. The second-order valence-electron chi connectivity index (χ2n) is 2.74. The maximum absolute atomic E-state index is 12.5. The molecule has 1 fully saturated rings. The van der Waals surface area contributed by atoms with Crippen LogP contribution in [0.1, 0.15) is 12.8 Å². The van der Waals surface area contributed by atoms with E-state index in [0.29, 0.717) is 0 Å². The lowest BCUT2D eigenvalue weighted by Crippen LogP contribution is -2.44. The Kier molecular flexibility index (Phi) is 2.35. The van der Waals surface area contributed by atoms with E-state index in [2.05, 4.69) is 0 Å². The van der Waals surface area contributed by atoms with Gasteiger partial charge >= 0.3 is 10.4 Å². The Morgan fingerprint density at radius 2 is 1.92 bits per heavy atom. The predicted octanol–water partition coefficient (Wildman–Crippen LogP) is 0.932. The number of nitrogens with zero attached hydrogens (tertiary/aromatic N) is 1. The highest BCUT2D eigenvalue weighted by atomic mass is 32.3. The maximum Gasteiger partial charge on any atom is 0.374 e. The maximum atomic E-state index is 12.5. The molecule has 0 aliphatic carbocycles. The molecule has 0 amide bonds. The summed E-state index contributed by atoms with van der Waals surface area (Å²) >= 11 is 0. The molecule has 0 aromatic rings. The third kappa shape index (κ3) is 2.34. The topological polar surface area (TPSA) is 37.4 Å². The Morgan fingerprint density at radius 3 is 2.25 bits per heavy atom. The largest absolute Gasteiger partial charge is 0.374 e. The van der Waals surface area contributed by atoms with Gasteiger partial charge < -0.3 is 0 Å². The summed E-state index contributed by atoms with van der Waals surface area (Å²) in [6.07, 6.45) is -0.380.